The highest BCUT2D eigenvalue weighted by Crippen LogP contribution is 2.39. The Hall–Kier alpha value is -0.840. The molecule has 6 heteroatoms. The standard InChI is InChI=1S/C9H6ClF5/c1-9(14,15)8(10)7-5(12)2-4(11)3-6(7)13/h2-3,8H,1H3. The fraction of sp³-hybridized carbons (Fsp3) is 0.333. The van der Waals surface area contributed by atoms with Crippen molar-refractivity contribution in [2.45, 2.75) is 18.2 Å². The third-order valence-electron chi connectivity index (χ3n) is 1.74. The molecule has 0 fully saturated rings. The lowest BCUT2D eigenvalue weighted by Crippen LogP contribution is -2.20. The molecule has 0 nitrogen and oxygen atoms in total. The van der Waals surface area contributed by atoms with E-state index in [-0.39, 0.29) is 0 Å². The molecule has 0 saturated heterocycles. The maximum Gasteiger partial charge on any atom is 0.265 e. The normalized spacial score (nSPS) is 14.1. The van der Waals surface area contributed by atoms with Crippen LogP contribution in [0, 0.1) is 17.5 Å². The Morgan fingerprint density at radius 3 is 1.87 bits per heavy atom. The van der Waals surface area contributed by atoms with Crippen LogP contribution >= 0.6 is 11.6 Å². The molecule has 84 valence electrons. The van der Waals surface area contributed by atoms with Crippen molar-refractivity contribution in [3.63, 3.8) is 0 Å². The zero-order valence-electron chi connectivity index (χ0n) is 7.50. The Bertz CT molecular complexity index is 348. The molecule has 15 heavy (non-hydrogen) atoms. The first-order chi connectivity index (χ1) is 6.73. The van der Waals surface area contributed by atoms with Gasteiger partial charge < -0.3 is 0 Å². The van der Waals surface area contributed by atoms with Crippen molar-refractivity contribution in [3.8, 4) is 0 Å². The second-order valence-electron chi connectivity index (χ2n) is 3.10. The molecule has 1 rings (SSSR count). The van der Waals surface area contributed by atoms with Crippen LogP contribution in [0.2, 0.25) is 0 Å². The highest BCUT2D eigenvalue weighted by molar-refractivity contribution is 6.21. The van der Waals surface area contributed by atoms with E-state index in [2.05, 4.69) is 0 Å². The number of alkyl halides is 3. The average molecular weight is 245 g/mol. The van der Waals surface area contributed by atoms with E-state index in [1.807, 2.05) is 0 Å². The van der Waals surface area contributed by atoms with Crippen molar-refractivity contribution < 1.29 is 22.0 Å². The molecule has 0 heterocycles. The third kappa shape index (κ3) is 2.59. The van der Waals surface area contributed by atoms with Crippen molar-refractivity contribution in [2.75, 3.05) is 0 Å². The van der Waals surface area contributed by atoms with Gasteiger partial charge in [0.25, 0.3) is 5.92 Å². The van der Waals surface area contributed by atoms with Crippen LogP contribution in [0.15, 0.2) is 12.1 Å². The highest BCUT2D eigenvalue weighted by atomic mass is 35.5. The number of benzene rings is 1. The molecule has 1 unspecified atom stereocenters. The zero-order valence-corrected chi connectivity index (χ0v) is 8.26. The molecule has 0 aromatic heterocycles. The molecule has 0 bridgehead atoms. The molecule has 1 atom stereocenters. The number of hydrogen-bond donors (Lipinski definition) is 0. The SMILES string of the molecule is CC(F)(F)C(Cl)c1c(F)cc(F)cc1F. The van der Waals surface area contributed by atoms with Gasteiger partial charge in [-0.05, 0) is 0 Å². The van der Waals surface area contributed by atoms with Crippen molar-refractivity contribution in [1.82, 2.24) is 0 Å². The lowest BCUT2D eigenvalue weighted by atomic mass is 10.1. The average Bonchev–Trinajstić information content (AvgIpc) is 1.99. The summed E-state index contributed by atoms with van der Waals surface area (Å²) in [6.07, 6.45) is 0. The van der Waals surface area contributed by atoms with Crippen molar-refractivity contribution in [1.29, 1.82) is 0 Å². The van der Waals surface area contributed by atoms with E-state index in [1.54, 1.807) is 0 Å². The number of halogens is 6. The first kappa shape index (κ1) is 12.2. The van der Waals surface area contributed by atoms with Crippen LogP contribution < -0.4 is 0 Å². The Morgan fingerprint density at radius 2 is 1.53 bits per heavy atom. The van der Waals surface area contributed by atoms with E-state index in [1.165, 1.54) is 0 Å². The van der Waals surface area contributed by atoms with Gasteiger partial charge in [0.15, 0.2) is 0 Å². The van der Waals surface area contributed by atoms with Crippen LogP contribution in [0.25, 0.3) is 0 Å². The maximum atomic E-state index is 13.0. The molecule has 0 saturated carbocycles. The molecule has 1 aromatic rings. The van der Waals surface area contributed by atoms with Crippen LogP contribution in [0.5, 0.6) is 0 Å². The molecule has 0 aliphatic carbocycles. The summed E-state index contributed by atoms with van der Waals surface area (Å²) in [7, 11) is 0. The van der Waals surface area contributed by atoms with Crippen LogP contribution in [-0.2, 0) is 0 Å². The first-order valence-corrected chi connectivity index (χ1v) is 4.33. The Labute approximate surface area is 87.7 Å². The van der Waals surface area contributed by atoms with Gasteiger partial charge in [0.05, 0.1) is 0 Å². The van der Waals surface area contributed by atoms with Gasteiger partial charge in [0.2, 0.25) is 0 Å². The topological polar surface area (TPSA) is 0 Å². The second kappa shape index (κ2) is 3.96. The predicted octanol–water partition coefficient (Wildman–Crippen LogP) is 4.04. The van der Waals surface area contributed by atoms with E-state index in [0.717, 1.165) is 0 Å². The largest absolute Gasteiger partial charge is 0.265 e. The first-order valence-electron chi connectivity index (χ1n) is 3.90. The fourth-order valence-electron chi connectivity index (χ4n) is 1.05. The quantitative estimate of drug-likeness (QED) is 0.544. The van der Waals surface area contributed by atoms with Gasteiger partial charge in [0, 0.05) is 24.6 Å². The summed E-state index contributed by atoms with van der Waals surface area (Å²) < 4.78 is 63.9. The fourth-order valence-corrected chi connectivity index (χ4v) is 1.26. The van der Waals surface area contributed by atoms with Crippen LogP contribution in [0.4, 0.5) is 22.0 Å². The van der Waals surface area contributed by atoms with E-state index in [9.17, 15) is 22.0 Å². The Kier molecular flexibility index (Phi) is 3.23. The Morgan fingerprint density at radius 1 is 1.13 bits per heavy atom. The van der Waals surface area contributed by atoms with Crippen LogP contribution in [0.3, 0.4) is 0 Å². The summed E-state index contributed by atoms with van der Waals surface area (Å²) in [5.41, 5.74) is -1.02. The van der Waals surface area contributed by atoms with Crippen molar-refractivity contribution in [3.05, 3.63) is 35.1 Å². The summed E-state index contributed by atoms with van der Waals surface area (Å²) >= 11 is 5.19. The Balaban J connectivity index is 3.26. The van der Waals surface area contributed by atoms with Gasteiger partial charge in [-0.25, -0.2) is 22.0 Å². The summed E-state index contributed by atoms with van der Waals surface area (Å²) in [4.78, 5) is 0. The van der Waals surface area contributed by atoms with E-state index in [4.69, 9.17) is 11.6 Å². The molecular weight excluding hydrogens is 239 g/mol. The molecule has 0 N–H and O–H groups in total. The highest BCUT2D eigenvalue weighted by Gasteiger charge is 2.37. The smallest absolute Gasteiger partial charge is 0.207 e. The summed E-state index contributed by atoms with van der Waals surface area (Å²) in [5, 5.41) is -2.17. The van der Waals surface area contributed by atoms with Gasteiger partial charge in [-0.15, -0.1) is 11.6 Å². The molecule has 0 amide bonds. The molecule has 0 radical (unpaired) electrons. The van der Waals surface area contributed by atoms with E-state index in [0.29, 0.717) is 19.1 Å². The molecule has 1 aromatic carbocycles. The number of hydrogen-bond acceptors (Lipinski definition) is 0. The van der Waals surface area contributed by atoms with Crippen LogP contribution in [0.1, 0.15) is 17.9 Å². The van der Waals surface area contributed by atoms with Gasteiger partial charge in [-0.3, -0.25) is 0 Å². The minimum atomic E-state index is -3.50. The molecule has 0 aliphatic rings. The van der Waals surface area contributed by atoms with Gasteiger partial charge in [-0.1, -0.05) is 0 Å². The molecular formula is C9H6ClF5. The van der Waals surface area contributed by atoms with E-state index < -0.39 is 34.3 Å². The summed E-state index contributed by atoms with van der Waals surface area (Å²) in [5.74, 6) is -7.53. The lowest BCUT2D eigenvalue weighted by molar-refractivity contribution is 0.0150. The molecule has 0 aliphatic heterocycles. The zero-order chi connectivity index (χ0) is 11.8. The molecule has 0 spiro atoms. The number of rotatable bonds is 2. The second-order valence-corrected chi connectivity index (χ2v) is 3.54. The lowest BCUT2D eigenvalue weighted by Gasteiger charge is -2.18. The van der Waals surface area contributed by atoms with Gasteiger partial charge in [-0.2, -0.15) is 0 Å². The monoisotopic (exact) mass is 244 g/mol. The van der Waals surface area contributed by atoms with E-state index >= 15 is 0 Å². The predicted molar refractivity (Wildman–Crippen MR) is 45.5 cm³/mol. The van der Waals surface area contributed by atoms with Gasteiger partial charge in [0.1, 0.15) is 22.8 Å². The van der Waals surface area contributed by atoms with Crippen LogP contribution in [-0.4, -0.2) is 5.92 Å². The van der Waals surface area contributed by atoms with Gasteiger partial charge >= 0.3 is 0 Å². The summed E-state index contributed by atoms with van der Waals surface area (Å²) in [6.45, 7) is 0.424. The maximum absolute atomic E-state index is 13.0. The van der Waals surface area contributed by atoms with Crippen molar-refractivity contribution in [2.24, 2.45) is 0 Å². The van der Waals surface area contributed by atoms with Crippen molar-refractivity contribution >= 4 is 11.6 Å². The summed E-state index contributed by atoms with van der Waals surface area (Å²) in [6, 6.07) is 0.610. The minimum absolute atomic E-state index is 0.305. The minimum Gasteiger partial charge on any atom is -0.207 e. The third-order valence-corrected chi connectivity index (χ3v) is 2.34.